The van der Waals surface area contributed by atoms with Crippen LogP contribution in [0.3, 0.4) is 0 Å². The molecule has 0 aliphatic rings. The van der Waals surface area contributed by atoms with E-state index < -0.39 is 0 Å². The molecule has 0 unspecified atom stereocenters. The molecule has 2 rings (SSSR count). The maximum absolute atomic E-state index is 12.3. The fourth-order valence-electron chi connectivity index (χ4n) is 1.89. The van der Waals surface area contributed by atoms with Crippen LogP contribution in [0, 0.1) is 0 Å². The van der Waals surface area contributed by atoms with Gasteiger partial charge in [0.05, 0.1) is 12.8 Å². The van der Waals surface area contributed by atoms with E-state index in [0.717, 1.165) is 4.47 Å². The Morgan fingerprint density at radius 2 is 2.20 bits per heavy atom. The fraction of sp³-hybridized carbons (Fsp3) is 0.214. The van der Waals surface area contributed by atoms with Crippen molar-refractivity contribution in [3.63, 3.8) is 0 Å². The average molecular weight is 358 g/mol. The highest BCUT2D eigenvalue weighted by Gasteiger charge is 2.14. The van der Waals surface area contributed by atoms with Gasteiger partial charge in [0.25, 0.3) is 5.91 Å². The van der Waals surface area contributed by atoms with Crippen LogP contribution in [-0.2, 0) is 6.54 Å². The van der Waals surface area contributed by atoms with Gasteiger partial charge in [-0.3, -0.25) is 4.79 Å². The van der Waals surface area contributed by atoms with Crippen LogP contribution < -0.4 is 10.1 Å². The number of hydrogen-bond donors (Lipinski definition) is 1. The predicted molar refractivity (Wildman–Crippen MR) is 83.8 cm³/mol. The summed E-state index contributed by atoms with van der Waals surface area (Å²) in [6.07, 6.45) is 1.87. The summed E-state index contributed by atoms with van der Waals surface area (Å²) in [5.74, 6) is 0.356. The zero-order chi connectivity index (χ0) is 14.7. The first kappa shape index (κ1) is 14.9. The smallest absolute Gasteiger partial charge is 0.272 e. The van der Waals surface area contributed by atoms with E-state index in [-0.39, 0.29) is 5.91 Å². The second-order valence-electron chi connectivity index (χ2n) is 4.13. The molecule has 0 aliphatic carbocycles. The van der Waals surface area contributed by atoms with Crippen molar-refractivity contribution in [3.8, 4) is 5.75 Å². The lowest BCUT2D eigenvalue weighted by molar-refractivity contribution is 0.101. The van der Waals surface area contributed by atoms with Gasteiger partial charge in [0.15, 0.2) is 0 Å². The van der Waals surface area contributed by atoms with E-state index in [4.69, 9.17) is 16.3 Å². The summed E-state index contributed by atoms with van der Waals surface area (Å²) in [4.78, 5) is 12.3. The number of nitrogens with zero attached hydrogens (tertiary/aromatic N) is 1. The normalized spacial score (nSPS) is 10.4. The minimum Gasteiger partial charge on any atom is -0.495 e. The van der Waals surface area contributed by atoms with Gasteiger partial charge in [-0.1, -0.05) is 11.6 Å². The topological polar surface area (TPSA) is 43.3 Å². The number of rotatable bonds is 4. The van der Waals surface area contributed by atoms with Crippen LogP contribution in [0.25, 0.3) is 0 Å². The van der Waals surface area contributed by atoms with Gasteiger partial charge in [0.1, 0.15) is 11.4 Å². The molecule has 0 aliphatic heterocycles. The first-order valence-corrected chi connectivity index (χ1v) is 7.22. The summed E-state index contributed by atoms with van der Waals surface area (Å²) in [6.45, 7) is 2.68. The van der Waals surface area contributed by atoms with Crippen LogP contribution in [0.1, 0.15) is 17.4 Å². The lowest BCUT2D eigenvalue weighted by Gasteiger charge is -2.11. The molecule has 106 valence electrons. The van der Waals surface area contributed by atoms with Gasteiger partial charge in [-0.2, -0.15) is 0 Å². The molecule has 0 saturated heterocycles. The van der Waals surface area contributed by atoms with E-state index >= 15 is 0 Å². The lowest BCUT2D eigenvalue weighted by atomic mass is 10.2. The minimum atomic E-state index is -0.210. The van der Waals surface area contributed by atoms with E-state index in [0.29, 0.717) is 28.7 Å². The van der Waals surface area contributed by atoms with Crippen LogP contribution >= 0.6 is 27.5 Å². The molecule has 20 heavy (non-hydrogen) atoms. The Hall–Kier alpha value is -1.46. The van der Waals surface area contributed by atoms with Gasteiger partial charge in [0, 0.05) is 22.2 Å². The summed E-state index contributed by atoms with van der Waals surface area (Å²) in [5, 5.41) is 3.35. The summed E-state index contributed by atoms with van der Waals surface area (Å²) >= 11 is 9.32. The molecule has 1 aromatic heterocycles. The van der Waals surface area contributed by atoms with E-state index in [2.05, 4.69) is 21.2 Å². The van der Waals surface area contributed by atoms with Crippen molar-refractivity contribution in [1.29, 1.82) is 0 Å². The van der Waals surface area contributed by atoms with Crippen molar-refractivity contribution in [3.05, 3.63) is 45.7 Å². The summed E-state index contributed by atoms with van der Waals surface area (Å²) < 4.78 is 7.93. The van der Waals surface area contributed by atoms with Crippen LogP contribution in [0.15, 0.2) is 34.9 Å². The third-order valence-electron chi connectivity index (χ3n) is 2.85. The Morgan fingerprint density at radius 1 is 1.45 bits per heavy atom. The highest BCUT2D eigenvalue weighted by atomic mass is 79.9. The van der Waals surface area contributed by atoms with Gasteiger partial charge < -0.3 is 14.6 Å². The van der Waals surface area contributed by atoms with E-state index in [9.17, 15) is 4.79 Å². The number of nitrogens with one attached hydrogen (secondary N) is 1. The second kappa shape index (κ2) is 6.33. The first-order valence-electron chi connectivity index (χ1n) is 6.05. The standard InChI is InChI=1S/C14H14BrClN2O2/c1-3-18-8-9(15)6-12(18)14(19)17-11-7-10(16)4-5-13(11)20-2/h4-8H,3H2,1-2H3,(H,17,19). The number of carbonyl (C=O) groups excluding carboxylic acids is 1. The molecule has 0 saturated carbocycles. The third kappa shape index (κ3) is 3.16. The molecule has 1 N–H and O–H groups in total. The maximum atomic E-state index is 12.3. The molecule has 0 spiro atoms. The maximum Gasteiger partial charge on any atom is 0.272 e. The molecule has 0 fully saturated rings. The SMILES string of the molecule is CCn1cc(Br)cc1C(=O)Nc1cc(Cl)ccc1OC. The van der Waals surface area contributed by atoms with Crippen LogP contribution in [0.5, 0.6) is 5.75 Å². The lowest BCUT2D eigenvalue weighted by Crippen LogP contribution is -2.16. The van der Waals surface area contributed by atoms with Crippen molar-refractivity contribution in [2.75, 3.05) is 12.4 Å². The second-order valence-corrected chi connectivity index (χ2v) is 5.48. The zero-order valence-corrected chi connectivity index (χ0v) is 13.5. The number of aryl methyl sites for hydroxylation is 1. The number of carbonyl (C=O) groups is 1. The van der Waals surface area contributed by atoms with Crippen LogP contribution in [0.4, 0.5) is 5.69 Å². The van der Waals surface area contributed by atoms with Gasteiger partial charge in [-0.05, 0) is 47.1 Å². The highest BCUT2D eigenvalue weighted by Crippen LogP contribution is 2.28. The molecule has 1 aromatic carbocycles. The Kier molecular flexibility index (Phi) is 4.73. The number of aromatic nitrogens is 1. The van der Waals surface area contributed by atoms with E-state index in [1.54, 1.807) is 31.4 Å². The molecule has 0 radical (unpaired) electrons. The highest BCUT2D eigenvalue weighted by molar-refractivity contribution is 9.10. The van der Waals surface area contributed by atoms with Crippen LogP contribution in [-0.4, -0.2) is 17.6 Å². The van der Waals surface area contributed by atoms with E-state index in [1.165, 1.54) is 0 Å². The van der Waals surface area contributed by atoms with Crippen molar-refractivity contribution >= 4 is 39.1 Å². The van der Waals surface area contributed by atoms with Gasteiger partial charge in [-0.15, -0.1) is 0 Å². The number of amides is 1. The molecule has 0 bridgehead atoms. The van der Waals surface area contributed by atoms with Gasteiger partial charge in [-0.25, -0.2) is 0 Å². The Labute approximate surface area is 130 Å². The monoisotopic (exact) mass is 356 g/mol. The summed E-state index contributed by atoms with van der Waals surface area (Å²) in [7, 11) is 1.55. The number of benzene rings is 1. The third-order valence-corrected chi connectivity index (χ3v) is 3.52. The zero-order valence-electron chi connectivity index (χ0n) is 11.1. The van der Waals surface area contributed by atoms with Gasteiger partial charge in [0.2, 0.25) is 0 Å². The molecular weight excluding hydrogens is 344 g/mol. The van der Waals surface area contributed by atoms with Crippen molar-refractivity contribution in [1.82, 2.24) is 4.57 Å². The van der Waals surface area contributed by atoms with Crippen molar-refractivity contribution in [2.24, 2.45) is 0 Å². The van der Waals surface area contributed by atoms with Crippen LogP contribution in [0.2, 0.25) is 5.02 Å². The predicted octanol–water partition coefficient (Wildman–Crippen LogP) is 4.18. The van der Waals surface area contributed by atoms with Crippen molar-refractivity contribution < 1.29 is 9.53 Å². The van der Waals surface area contributed by atoms with Crippen molar-refractivity contribution in [2.45, 2.75) is 13.5 Å². The summed E-state index contributed by atoms with van der Waals surface area (Å²) in [5.41, 5.74) is 1.12. The number of halogens is 2. The number of methoxy groups -OCH3 is 1. The summed E-state index contributed by atoms with van der Waals surface area (Å²) in [6, 6.07) is 6.86. The fourth-order valence-corrected chi connectivity index (χ4v) is 2.53. The minimum absolute atomic E-state index is 0.210. The first-order chi connectivity index (χ1) is 9.55. The number of hydrogen-bond acceptors (Lipinski definition) is 2. The average Bonchev–Trinajstić information content (AvgIpc) is 2.80. The molecule has 1 heterocycles. The molecule has 2 aromatic rings. The van der Waals surface area contributed by atoms with E-state index in [1.807, 2.05) is 17.7 Å². The molecule has 6 heteroatoms. The van der Waals surface area contributed by atoms with Gasteiger partial charge >= 0.3 is 0 Å². The quantitative estimate of drug-likeness (QED) is 0.892. The molecular formula is C14H14BrClN2O2. The Morgan fingerprint density at radius 3 is 2.85 bits per heavy atom. The molecule has 0 atom stereocenters. The number of ether oxygens (including phenoxy) is 1. The Bertz CT molecular complexity index is 640. The molecule has 4 nitrogen and oxygen atoms in total. The largest absolute Gasteiger partial charge is 0.495 e. The Balaban J connectivity index is 2.29. The molecule has 1 amide bonds. The number of anilines is 1.